The predicted octanol–water partition coefficient (Wildman–Crippen LogP) is 0.574. The molecule has 0 fully saturated rings. The van der Waals surface area contributed by atoms with Gasteiger partial charge in [0.1, 0.15) is 0 Å². The molecule has 5 heavy (non-hydrogen) atoms. The van der Waals surface area contributed by atoms with Gasteiger partial charge in [0, 0.05) is 0 Å². The molecule has 0 N–H and O–H groups in total. The van der Waals surface area contributed by atoms with Crippen molar-refractivity contribution in [2.45, 2.75) is 10.1 Å². The Morgan fingerprint density at radius 3 is 1.80 bits per heavy atom. The van der Waals surface area contributed by atoms with Gasteiger partial charge in [0.05, 0.1) is 0 Å². The first kappa shape index (κ1) is 6.12. The monoisotopic (exact) mass is 174 g/mol. The fourth-order valence-corrected chi connectivity index (χ4v) is 0. The molecule has 0 aliphatic carbocycles. The summed E-state index contributed by atoms with van der Waals surface area (Å²) in [6, 6.07) is 0. The number of hydrogen-bond donors (Lipinski definition) is 0. The Kier molecular flexibility index (Phi) is 4.06. The molecule has 0 rings (SSSR count). The van der Waals surface area contributed by atoms with E-state index < -0.39 is 0 Å². The van der Waals surface area contributed by atoms with Gasteiger partial charge in [-0.05, 0) is 0 Å². The molecule has 0 spiro atoms. The Hall–Kier alpha value is 1.12. The molecular formula is C2H6Cl2Ge. The van der Waals surface area contributed by atoms with Gasteiger partial charge in [0.15, 0.2) is 0 Å². The zero-order valence-electron chi connectivity index (χ0n) is 3.04. The molecule has 3 heteroatoms. The van der Waals surface area contributed by atoms with Crippen LogP contribution in [0, 0.1) is 0 Å². The standard InChI is InChI=1S/C2H6Cl2Ge/c3-2(4)1-5/h2H,1H2,5H3. The molecule has 0 aliphatic rings. The van der Waals surface area contributed by atoms with Crippen molar-refractivity contribution in [1.82, 2.24) is 0 Å². The molecule has 0 bridgehead atoms. The average molecular weight is 174 g/mol. The third-order valence-corrected chi connectivity index (χ3v) is 4.81. The third kappa shape index (κ3) is 5.12. The minimum atomic E-state index is -0.0880. The van der Waals surface area contributed by atoms with Crippen LogP contribution in [0.3, 0.4) is 0 Å². The van der Waals surface area contributed by atoms with Crippen molar-refractivity contribution in [3.05, 3.63) is 0 Å². The topological polar surface area (TPSA) is 0 Å². The second-order valence-corrected chi connectivity index (χ2v) is 3.79. The van der Waals surface area contributed by atoms with Crippen LogP contribution in [-0.4, -0.2) is 21.4 Å². The summed E-state index contributed by atoms with van der Waals surface area (Å²) in [6.45, 7) is 0. The van der Waals surface area contributed by atoms with Crippen LogP contribution in [0.1, 0.15) is 0 Å². The molecule has 0 saturated heterocycles. The van der Waals surface area contributed by atoms with E-state index in [1.807, 2.05) is 0 Å². The van der Waals surface area contributed by atoms with Gasteiger partial charge in [0.25, 0.3) is 0 Å². The zero-order valence-corrected chi connectivity index (χ0v) is 8.75. The van der Waals surface area contributed by atoms with E-state index >= 15 is 0 Å². The van der Waals surface area contributed by atoms with E-state index in [9.17, 15) is 0 Å². The molecule has 0 aromatic heterocycles. The first-order chi connectivity index (χ1) is 2.27. The van der Waals surface area contributed by atoms with Crippen molar-refractivity contribution in [1.29, 1.82) is 0 Å². The Bertz CT molecular complexity index is 21.6. The molecule has 0 saturated carbocycles. The molecular weight excluding hydrogens is 168 g/mol. The predicted molar refractivity (Wildman–Crippen MR) is 30.2 cm³/mol. The summed E-state index contributed by atoms with van der Waals surface area (Å²) in [5.41, 5.74) is 0. The second-order valence-electron chi connectivity index (χ2n) is 0.799. The van der Waals surface area contributed by atoms with Crippen LogP contribution in [0.15, 0.2) is 0 Å². The maximum atomic E-state index is 5.27. The fourth-order valence-electron chi connectivity index (χ4n) is 0. The first-order valence-corrected chi connectivity index (χ1v) is 5.39. The summed E-state index contributed by atoms with van der Waals surface area (Å²) >= 11 is 11.4. The van der Waals surface area contributed by atoms with Crippen LogP contribution in [0.2, 0.25) is 5.25 Å². The van der Waals surface area contributed by atoms with Gasteiger partial charge in [-0.3, -0.25) is 0 Å². The van der Waals surface area contributed by atoms with E-state index in [1.165, 1.54) is 0 Å². The van der Waals surface area contributed by atoms with Gasteiger partial charge < -0.3 is 0 Å². The molecule has 0 atom stereocenters. The van der Waals surface area contributed by atoms with Gasteiger partial charge in [-0.2, -0.15) is 0 Å². The normalized spacial score (nSPS) is 10.2. The Morgan fingerprint density at radius 2 is 1.80 bits per heavy atom. The summed E-state index contributed by atoms with van der Waals surface area (Å²) in [5.74, 6) is 0. The van der Waals surface area contributed by atoms with E-state index in [0.717, 1.165) is 21.8 Å². The van der Waals surface area contributed by atoms with Crippen LogP contribution in [0.25, 0.3) is 0 Å². The van der Waals surface area contributed by atoms with Crippen LogP contribution >= 0.6 is 23.2 Å². The maximum absolute atomic E-state index is 5.27. The molecule has 0 amide bonds. The second kappa shape index (κ2) is 3.32. The third-order valence-electron chi connectivity index (χ3n) is 0.309. The molecule has 0 radical (unpaired) electrons. The molecule has 0 nitrogen and oxygen atoms in total. The quantitative estimate of drug-likeness (QED) is 0.402. The van der Waals surface area contributed by atoms with Crippen molar-refractivity contribution in [2.24, 2.45) is 0 Å². The number of rotatable bonds is 1. The van der Waals surface area contributed by atoms with E-state index in [1.54, 1.807) is 0 Å². The van der Waals surface area contributed by atoms with Crippen molar-refractivity contribution in [3.63, 3.8) is 0 Å². The van der Waals surface area contributed by atoms with Gasteiger partial charge in [0.2, 0.25) is 0 Å². The van der Waals surface area contributed by atoms with E-state index in [4.69, 9.17) is 23.2 Å². The Morgan fingerprint density at radius 1 is 1.60 bits per heavy atom. The zero-order chi connectivity index (χ0) is 4.28. The van der Waals surface area contributed by atoms with Crippen molar-refractivity contribution < 1.29 is 0 Å². The van der Waals surface area contributed by atoms with Gasteiger partial charge in [-0.25, -0.2) is 0 Å². The number of hydrogen-bond acceptors (Lipinski definition) is 0. The number of alkyl halides is 2. The summed E-state index contributed by atoms with van der Waals surface area (Å²) in [5, 5.41) is 1.02. The molecule has 0 aromatic rings. The molecule has 32 valence electrons. The summed E-state index contributed by atoms with van der Waals surface area (Å²) in [7, 11) is 0. The van der Waals surface area contributed by atoms with Gasteiger partial charge >= 0.3 is 49.8 Å². The molecule has 0 unspecified atom stereocenters. The molecule has 0 heterocycles. The van der Waals surface area contributed by atoms with E-state index in [-0.39, 0.29) is 4.84 Å². The van der Waals surface area contributed by atoms with Crippen molar-refractivity contribution >= 4 is 39.7 Å². The van der Waals surface area contributed by atoms with Gasteiger partial charge in [-0.1, -0.05) is 0 Å². The fraction of sp³-hybridized carbons (Fsp3) is 1.00. The van der Waals surface area contributed by atoms with Crippen LogP contribution in [0.4, 0.5) is 0 Å². The summed E-state index contributed by atoms with van der Waals surface area (Å²) < 4.78 is 0. The van der Waals surface area contributed by atoms with E-state index in [2.05, 4.69) is 0 Å². The molecule has 0 aliphatic heterocycles. The summed E-state index contributed by atoms with van der Waals surface area (Å²) in [6.07, 6.45) is 0. The first-order valence-electron chi connectivity index (χ1n) is 1.55. The van der Waals surface area contributed by atoms with Crippen LogP contribution < -0.4 is 0 Å². The Balaban J connectivity index is 2.54. The van der Waals surface area contributed by atoms with Gasteiger partial charge in [-0.15, -0.1) is 0 Å². The minimum absolute atomic E-state index is 0.0880. The van der Waals surface area contributed by atoms with Crippen molar-refractivity contribution in [3.8, 4) is 0 Å². The summed E-state index contributed by atoms with van der Waals surface area (Å²) in [4.78, 5) is -0.0880. The number of halogens is 2. The van der Waals surface area contributed by atoms with Crippen LogP contribution in [-0.2, 0) is 0 Å². The Labute approximate surface area is 50.1 Å². The van der Waals surface area contributed by atoms with Crippen LogP contribution in [0.5, 0.6) is 0 Å². The average Bonchev–Trinajstić information content (AvgIpc) is 1.38. The molecule has 0 aromatic carbocycles. The van der Waals surface area contributed by atoms with E-state index in [0.29, 0.717) is 0 Å². The van der Waals surface area contributed by atoms with Crippen molar-refractivity contribution in [2.75, 3.05) is 0 Å². The SMILES string of the molecule is ClC(Cl)[CH2][GeH3].